The first-order valence-corrected chi connectivity index (χ1v) is 7.39. The number of aryl methyl sites for hydroxylation is 2. The van der Waals surface area contributed by atoms with Gasteiger partial charge in [0.1, 0.15) is 5.82 Å². The molecule has 19 heavy (non-hydrogen) atoms. The molecule has 0 aliphatic heterocycles. The first-order valence-electron chi connectivity index (χ1n) is 6.51. The number of nitrogens with zero attached hydrogens (tertiary/aromatic N) is 2. The second-order valence-electron chi connectivity index (χ2n) is 4.63. The van der Waals surface area contributed by atoms with Gasteiger partial charge in [-0.05, 0) is 43.8 Å². The van der Waals surface area contributed by atoms with Crippen LogP contribution in [0.3, 0.4) is 0 Å². The van der Waals surface area contributed by atoms with Gasteiger partial charge in [0.25, 0.3) is 0 Å². The van der Waals surface area contributed by atoms with Crippen LogP contribution >= 0.6 is 11.3 Å². The fraction of sp³-hybridized carbons (Fsp3) is 0.400. The molecule has 4 heteroatoms. The second-order valence-corrected chi connectivity index (χ2v) is 5.67. The first-order chi connectivity index (χ1) is 9.15. The minimum Gasteiger partial charge on any atom is -0.392 e. The summed E-state index contributed by atoms with van der Waals surface area (Å²) >= 11 is 1.75. The van der Waals surface area contributed by atoms with Crippen LogP contribution in [-0.2, 0) is 13.2 Å². The number of rotatable bonds is 5. The Hall–Kier alpha value is -1.39. The van der Waals surface area contributed by atoms with E-state index in [1.165, 1.54) is 4.88 Å². The highest BCUT2D eigenvalue weighted by Crippen LogP contribution is 2.25. The molecule has 0 bridgehead atoms. The quantitative estimate of drug-likeness (QED) is 0.910. The number of aliphatic hydroxyl groups is 1. The fourth-order valence-corrected chi connectivity index (χ4v) is 2.95. The summed E-state index contributed by atoms with van der Waals surface area (Å²) in [6.45, 7) is 7.90. The van der Waals surface area contributed by atoms with Crippen molar-refractivity contribution in [2.75, 3.05) is 11.4 Å². The number of aromatic nitrogens is 1. The van der Waals surface area contributed by atoms with Crippen molar-refractivity contribution in [1.29, 1.82) is 0 Å². The Morgan fingerprint density at radius 3 is 2.74 bits per heavy atom. The number of hydrogen-bond acceptors (Lipinski definition) is 4. The van der Waals surface area contributed by atoms with Gasteiger partial charge in [0, 0.05) is 22.7 Å². The second kappa shape index (κ2) is 6.17. The molecule has 0 spiro atoms. The molecule has 2 aromatic rings. The molecular weight excluding hydrogens is 256 g/mol. The first kappa shape index (κ1) is 14.0. The number of aliphatic hydroxyl groups excluding tert-OH is 1. The van der Waals surface area contributed by atoms with Crippen molar-refractivity contribution < 1.29 is 5.11 Å². The molecule has 0 fully saturated rings. The summed E-state index contributed by atoms with van der Waals surface area (Å²) < 4.78 is 0. The summed E-state index contributed by atoms with van der Waals surface area (Å²) in [5.74, 6) is 0.913. The van der Waals surface area contributed by atoms with Crippen LogP contribution in [-0.4, -0.2) is 16.6 Å². The van der Waals surface area contributed by atoms with E-state index >= 15 is 0 Å². The molecule has 2 rings (SSSR count). The Morgan fingerprint density at radius 2 is 2.16 bits per heavy atom. The van der Waals surface area contributed by atoms with Crippen LogP contribution in [0.2, 0.25) is 0 Å². The highest BCUT2D eigenvalue weighted by molar-refractivity contribution is 7.09. The van der Waals surface area contributed by atoms with E-state index in [4.69, 9.17) is 0 Å². The molecule has 0 aromatic carbocycles. The Bertz CT molecular complexity index is 537. The van der Waals surface area contributed by atoms with Gasteiger partial charge in [0.2, 0.25) is 0 Å². The number of anilines is 1. The molecule has 0 saturated carbocycles. The number of thiophene rings is 1. The summed E-state index contributed by atoms with van der Waals surface area (Å²) in [5.41, 5.74) is 3.04. The zero-order valence-electron chi connectivity index (χ0n) is 11.7. The smallest absolute Gasteiger partial charge is 0.134 e. The number of hydrogen-bond donors (Lipinski definition) is 1. The van der Waals surface area contributed by atoms with Crippen molar-refractivity contribution in [1.82, 2.24) is 4.98 Å². The molecule has 102 valence electrons. The van der Waals surface area contributed by atoms with Crippen molar-refractivity contribution in [2.24, 2.45) is 0 Å². The van der Waals surface area contributed by atoms with E-state index in [1.54, 1.807) is 11.3 Å². The molecule has 0 amide bonds. The highest BCUT2D eigenvalue weighted by atomic mass is 32.1. The lowest BCUT2D eigenvalue weighted by atomic mass is 10.1. The van der Waals surface area contributed by atoms with Gasteiger partial charge in [-0.1, -0.05) is 6.07 Å². The maximum Gasteiger partial charge on any atom is 0.134 e. The van der Waals surface area contributed by atoms with Crippen LogP contribution in [0.1, 0.15) is 28.6 Å². The van der Waals surface area contributed by atoms with Crippen LogP contribution in [0.25, 0.3) is 0 Å². The third-order valence-electron chi connectivity index (χ3n) is 3.22. The lowest BCUT2D eigenvalue weighted by Crippen LogP contribution is -2.24. The van der Waals surface area contributed by atoms with Gasteiger partial charge < -0.3 is 10.0 Å². The molecule has 2 aromatic heterocycles. The van der Waals surface area contributed by atoms with Gasteiger partial charge >= 0.3 is 0 Å². The maximum atomic E-state index is 9.60. The monoisotopic (exact) mass is 276 g/mol. The minimum atomic E-state index is 0.0371. The Morgan fingerprint density at radius 1 is 1.37 bits per heavy atom. The lowest BCUT2D eigenvalue weighted by molar-refractivity contribution is 0.280. The predicted molar refractivity (Wildman–Crippen MR) is 80.7 cm³/mol. The largest absolute Gasteiger partial charge is 0.392 e. The molecule has 0 unspecified atom stereocenters. The average molecular weight is 276 g/mol. The van der Waals surface area contributed by atoms with Crippen LogP contribution in [0, 0.1) is 13.8 Å². The van der Waals surface area contributed by atoms with E-state index in [1.807, 2.05) is 19.9 Å². The summed E-state index contributed by atoms with van der Waals surface area (Å²) in [6.07, 6.45) is 0. The van der Waals surface area contributed by atoms with Crippen molar-refractivity contribution in [3.8, 4) is 0 Å². The van der Waals surface area contributed by atoms with Crippen molar-refractivity contribution in [3.05, 3.63) is 45.3 Å². The standard InChI is InChI=1S/C15H20N2OS/c1-4-17(9-13-6-5-7-19-13)15-14(10-18)11(2)8-12(3)16-15/h5-8,18H,4,9-10H2,1-3H3. The van der Waals surface area contributed by atoms with Crippen molar-refractivity contribution >= 4 is 17.2 Å². The van der Waals surface area contributed by atoms with Crippen LogP contribution in [0.5, 0.6) is 0 Å². The van der Waals surface area contributed by atoms with E-state index in [0.29, 0.717) is 0 Å². The Labute approximate surface area is 118 Å². The Kier molecular flexibility index (Phi) is 4.56. The molecule has 1 N–H and O–H groups in total. The molecular formula is C15H20N2OS. The third-order valence-corrected chi connectivity index (χ3v) is 4.08. The lowest BCUT2D eigenvalue weighted by Gasteiger charge is -2.25. The fourth-order valence-electron chi connectivity index (χ4n) is 2.23. The van der Waals surface area contributed by atoms with Crippen LogP contribution in [0.4, 0.5) is 5.82 Å². The number of pyridine rings is 1. The van der Waals surface area contributed by atoms with Crippen LogP contribution < -0.4 is 4.90 Å². The van der Waals surface area contributed by atoms with E-state index in [2.05, 4.69) is 34.3 Å². The zero-order valence-corrected chi connectivity index (χ0v) is 12.5. The molecule has 0 aliphatic rings. The van der Waals surface area contributed by atoms with E-state index in [-0.39, 0.29) is 6.61 Å². The maximum absolute atomic E-state index is 9.60. The molecule has 2 heterocycles. The van der Waals surface area contributed by atoms with Crippen molar-refractivity contribution in [2.45, 2.75) is 33.9 Å². The molecule has 0 aliphatic carbocycles. The summed E-state index contributed by atoms with van der Waals surface area (Å²) in [7, 11) is 0. The van der Waals surface area contributed by atoms with E-state index in [0.717, 1.165) is 35.7 Å². The van der Waals surface area contributed by atoms with Gasteiger partial charge in [-0.3, -0.25) is 0 Å². The third kappa shape index (κ3) is 3.14. The van der Waals surface area contributed by atoms with Crippen LogP contribution in [0.15, 0.2) is 23.6 Å². The molecule has 0 atom stereocenters. The van der Waals surface area contributed by atoms with Crippen molar-refractivity contribution in [3.63, 3.8) is 0 Å². The van der Waals surface area contributed by atoms with Gasteiger partial charge in [0.15, 0.2) is 0 Å². The van der Waals surface area contributed by atoms with Gasteiger partial charge in [-0.25, -0.2) is 4.98 Å². The van der Waals surface area contributed by atoms with E-state index < -0.39 is 0 Å². The summed E-state index contributed by atoms with van der Waals surface area (Å²) in [4.78, 5) is 8.16. The minimum absolute atomic E-state index is 0.0371. The Balaban J connectivity index is 2.37. The average Bonchev–Trinajstić information content (AvgIpc) is 2.88. The predicted octanol–water partition coefficient (Wildman–Crippen LogP) is 3.28. The summed E-state index contributed by atoms with van der Waals surface area (Å²) in [5, 5.41) is 11.7. The highest BCUT2D eigenvalue weighted by Gasteiger charge is 2.14. The summed E-state index contributed by atoms with van der Waals surface area (Å²) in [6, 6.07) is 6.22. The molecule has 0 radical (unpaired) electrons. The zero-order chi connectivity index (χ0) is 13.8. The normalized spacial score (nSPS) is 10.7. The molecule has 0 saturated heterocycles. The van der Waals surface area contributed by atoms with Gasteiger partial charge in [0.05, 0.1) is 13.2 Å². The molecule has 3 nitrogen and oxygen atoms in total. The van der Waals surface area contributed by atoms with Gasteiger partial charge in [-0.15, -0.1) is 11.3 Å². The van der Waals surface area contributed by atoms with E-state index in [9.17, 15) is 5.11 Å². The topological polar surface area (TPSA) is 36.4 Å². The van der Waals surface area contributed by atoms with Gasteiger partial charge in [-0.2, -0.15) is 0 Å². The SMILES string of the molecule is CCN(Cc1cccs1)c1nc(C)cc(C)c1CO.